The van der Waals surface area contributed by atoms with E-state index in [0.717, 1.165) is 0 Å². The molecule has 0 atom stereocenters. The van der Waals surface area contributed by atoms with Crippen LogP contribution >= 0.6 is 0 Å². The molecule has 5 heteroatoms. The number of nitrogen functional groups attached to an aromatic ring is 1. The Balaban J connectivity index is 3.09. The molecule has 94 valence electrons. The molecule has 0 aliphatic rings. The zero-order valence-corrected chi connectivity index (χ0v) is 9.91. The van der Waals surface area contributed by atoms with E-state index in [1.807, 2.05) is 11.8 Å². The normalized spacial score (nSPS) is 10.3. The van der Waals surface area contributed by atoms with E-state index in [1.54, 1.807) is 12.1 Å². The number of benzene rings is 1. The second-order valence-electron chi connectivity index (χ2n) is 3.70. The lowest BCUT2D eigenvalue weighted by molar-refractivity contribution is 0.289. The van der Waals surface area contributed by atoms with Gasteiger partial charge in [0.25, 0.3) is 0 Å². The summed E-state index contributed by atoms with van der Waals surface area (Å²) in [5, 5.41) is 16.2. The molecule has 0 aromatic heterocycles. The minimum Gasteiger partial charge on any atom is -0.396 e. The summed E-state index contributed by atoms with van der Waals surface area (Å²) in [5.74, 6) is -0.766. The van der Waals surface area contributed by atoms with Gasteiger partial charge in [0.15, 0.2) is 0 Å². The number of anilines is 1. The van der Waals surface area contributed by atoms with E-state index in [9.17, 15) is 4.39 Å². The Morgan fingerprint density at radius 1 is 1.53 bits per heavy atom. The monoisotopic (exact) mass is 239 g/mol. The minimum atomic E-state index is -0.488. The summed E-state index contributed by atoms with van der Waals surface area (Å²) in [6.45, 7) is 3.30. The smallest absolute Gasteiger partial charge is 0.136 e. The molecule has 0 unspecified atom stereocenters. The molecule has 0 bridgehead atoms. The Morgan fingerprint density at radius 3 is 2.76 bits per heavy atom. The number of amidine groups is 1. The van der Waals surface area contributed by atoms with Gasteiger partial charge in [0, 0.05) is 19.7 Å². The summed E-state index contributed by atoms with van der Waals surface area (Å²) in [7, 11) is 0. The van der Waals surface area contributed by atoms with Crippen molar-refractivity contribution < 1.29 is 9.50 Å². The van der Waals surface area contributed by atoms with Crippen molar-refractivity contribution in [2.75, 3.05) is 24.6 Å². The van der Waals surface area contributed by atoms with E-state index in [4.69, 9.17) is 16.2 Å². The molecule has 0 heterocycles. The maximum Gasteiger partial charge on any atom is 0.136 e. The topological polar surface area (TPSA) is 73.3 Å². The zero-order chi connectivity index (χ0) is 12.8. The second-order valence-corrected chi connectivity index (χ2v) is 3.70. The van der Waals surface area contributed by atoms with Crippen LogP contribution in [-0.2, 0) is 0 Å². The molecule has 1 aromatic carbocycles. The van der Waals surface area contributed by atoms with Crippen molar-refractivity contribution in [1.29, 1.82) is 5.41 Å². The fourth-order valence-corrected chi connectivity index (χ4v) is 1.75. The van der Waals surface area contributed by atoms with Gasteiger partial charge in [-0.1, -0.05) is 6.07 Å². The van der Waals surface area contributed by atoms with Crippen LogP contribution in [0.4, 0.5) is 10.1 Å². The van der Waals surface area contributed by atoms with E-state index in [0.29, 0.717) is 25.2 Å². The Hall–Kier alpha value is -1.62. The van der Waals surface area contributed by atoms with Crippen LogP contribution in [0.25, 0.3) is 0 Å². The van der Waals surface area contributed by atoms with Crippen LogP contribution in [0.5, 0.6) is 0 Å². The summed E-state index contributed by atoms with van der Waals surface area (Å²) in [5.41, 5.74) is 6.14. The highest BCUT2D eigenvalue weighted by molar-refractivity contribution is 6.00. The van der Waals surface area contributed by atoms with Crippen LogP contribution in [0, 0.1) is 11.2 Å². The lowest BCUT2D eigenvalue weighted by atomic mass is 10.1. The van der Waals surface area contributed by atoms with E-state index in [-0.39, 0.29) is 18.0 Å². The van der Waals surface area contributed by atoms with Gasteiger partial charge in [-0.25, -0.2) is 4.39 Å². The van der Waals surface area contributed by atoms with Crippen molar-refractivity contribution in [1.82, 2.24) is 0 Å². The van der Waals surface area contributed by atoms with Crippen LogP contribution in [0.2, 0.25) is 0 Å². The van der Waals surface area contributed by atoms with E-state index in [1.165, 1.54) is 6.07 Å². The number of nitrogens with zero attached hydrogens (tertiary/aromatic N) is 1. The summed E-state index contributed by atoms with van der Waals surface area (Å²) < 4.78 is 13.6. The highest BCUT2D eigenvalue weighted by atomic mass is 19.1. The fraction of sp³-hybridized carbons (Fsp3) is 0.417. The van der Waals surface area contributed by atoms with Crippen LogP contribution in [-0.4, -0.2) is 30.6 Å². The summed E-state index contributed by atoms with van der Waals surface area (Å²) >= 11 is 0. The first-order valence-electron chi connectivity index (χ1n) is 5.60. The molecule has 1 aromatic rings. The minimum absolute atomic E-state index is 0.0845. The average molecular weight is 239 g/mol. The number of hydrogen-bond acceptors (Lipinski definition) is 3. The Morgan fingerprint density at radius 2 is 2.24 bits per heavy atom. The van der Waals surface area contributed by atoms with Crippen molar-refractivity contribution in [2.24, 2.45) is 5.73 Å². The molecule has 0 spiro atoms. The number of hydrogen-bond donors (Lipinski definition) is 3. The molecule has 0 amide bonds. The lowest BCUT2D eigenvalue weighted by Gasteiger charge is -2.25. The van der Waals surface area contributed by atoms with Crippen molar-refractivity contribution >= 4 is 11.5 Å². The van der Waals surface area contributed by atoms with Gasteiger partial charge in [0.2, 0.25) is 0 Å². The van der Waals surface area contributed by atoms with Gasteiger partial charge in [-0.05, 0) is 25.5 Å². The highest BCUT2D eigenvalue weighted by Gasteiger charge is 2.15. The molecule has 4 N–H and O–H groups in total. The standard InChI is InChI=1S/C12H18FN3O/c1-2-16(7-4-8-17)10-6-3-5-9(13)11(10)12(14)15/h3,5-6,17H,2,4,7-8H2,1H3,(H3,14,15). The Bertz CT molecular complexity index is 395. The van der Waals surface area contributed by atoms with Crippen molar-refractivity contribution in [2.45, 2.75) is 13.3 Å². The first-order chi connectivity index (χ1) is 8.11. The fourth-order valence-electron chi connectivity index (χ4n) is 1.75. The number of aliphatic hydroxyl groups excluding tert-OH is 1. The molecule has 0 saturated heterocycles. The maximum atomic E-state index is 13.6. The average Bonchev–Trinajstić information content (AvgIpc) is 2.29. The van der Waals surface area contributed by atoms with Gasteiger partial charge < -0.3 is 15.7 Å². The molecule has 0 saturated carbocycles. The van der Waals surface area contributed by atoms with E-state index < -0.39 is 5.82 Å². The molecule has 0 fully saturated rings. The summed E-state index contributed by atoms with van der Waals surface area (Å²) in [6.07, 6.45) is 0.599. The maximum absolute atomic E-state index is 13.6. The van der Waals surface area contributed by atoms with Gasteiger partial charge in [0.05, 0.1) is 11.3 Å². The third-order valence-corrected chi connectivity index (χ3v) is 2.57. The molecular formula is C12H18FN3O. The third kappa shape index (κ3) is 3.17. The van der Waals surface area contributed by atoms with Crippen LogP contribution in [0.3, 0.4) is 0 Å². The molecule has 4 nitrogen and oxygen atoms in total. The number of nitrogens with one attached hydrogen (secondary N) is 1. The van der Waals surface area contributed by atoms with Crippen molar-refractivity contribution in [3.63, 3.8) is 0 Å². The molecule has 0 radical (unpaired) electrons. The number of halogens is 1. The first kappa shape index (κ1) is 13.4. The number of nitrogens with two attached hydrogens (primary N) is 1. The lowest BCUT2D eigenvalue weighted by Crippen LogP contribution is -2.28. The van der Waals surface area contributed by atoms with Gasteiger partial charge in [-0.3, -0.25) is 5.41 Å². The molecule has 0 aliphatic heterocycles. The summed E-state index contributed by atoms with van der Waals surface area (Å²) in [6, 6.07) is 4.62. The molecule has 17 heavy (non-hydrogen) atoms. The van der Waals surface area contributed by atoms with Gasteiger partial charge in [-0.2, -0.15) is 0 Å². The second kappa shape index (κ2) is 6.20. The van der Waals surface area contributed by atoms with Gasteiger partial charge >= 0.3 is 0 Å². The van der Waals surface area contributed by atoms with Crippen molar-refractivity contribution in [3.8, 4) is 0 Å². The van der Waals surface area contributed by atoms with E-state index in [2.05, 4.69) is 0 Å². The van der Waals surface area contributed by atoms with Crippen LogP contribution in [0.1, 0.15) is 18.9 Å². The quantitative estimate of drug-likeness (QED) is 0.518. The van der Waals surface area contributed by atoms with Gasteiger partial charge in [0.1, 0.15) is 11.7 Å². The van der Waals surface area contributed by atoms with Gasteiger partial charge in [-0.15, -0.1) is 0 Å². The first-order valence-corrected chi connectivity index (χ1v) is 5.60. The van der Waals surface area contributed by atoms with Crippen molar-refractivity contribution in [3.05, 3.63) is 29.6 Å². The molecule has 0 aliphatic carbocycles. The van der Waals surface area contributed by atoms with Crippen LogP contribution in [0.15, 0.2) is 18.2 Å². The number of rotatable bonds is 6. The molecule has 1 rings (SSSR count). The predicted octanol–water partition coefficient (Wildman–Crippen LogP) is 1.32. The van der Waals surface area contributed by atoms with E-state index >= 15 is 0 Å². The third-order valence-electron chi connectivity index (χ3n) is 2.57. The largest absolute Gasteiger partial charge is 0.396 e. The zero-order valence-electron chi connectivity index (χ0n) is 9.91. The number of aliphatic hydroxyl groups is 1. The Kier molecular flexibility index (Phi) is 4.90. The predicted molar refractivity (Wildman–Crippen MR) is 67.0 cm³/mol. The highest BCUT2D eigenvalue weighted by Crippen LogP contribution is 2.22. The SMILES string of the molecule is CCN(CCCO)c1cccc(F)c1C(=N)N. The van der Waals surface area contributed by atoms with Crippen LogP contribution < -0.4 is 10.6 Å². The summed E-state index contributed by atoms with van der Waals surface area (Å²) in [4.78, 5) is 1.90. The molecular weight excluding hydrogens is 221 g/mol. The Labute approximate surface area is 100 Å².